The van der Waals surface area contributed by atoms with Crippen LogP contribution < -0.4 is 15.4 Å². The molecule has 2 fully saturated rings. The van der Waals surface area contributed by atoms with Crippen molar-refractivity contribution in [2.75, 3.05) is 23.4 Å². The van der Waals surface area contributed by atoms with Gasteiger partial charge in [0.25, 0.3) is 5.91 Å². The standard InChI is InChI=1S/C28H33N3O3S/c1-19-26(31-28(32)22-4-7-25(8-5-22)34-13-10-20-2-3-20)9-6-23-16-21(18-30-27(19)23)17-29-24-11-14-35(33)15-12-24/h4-9,16,18,20,24,29H,2-3,10-15,17H2,1H3,(H,31,32). The summed E-state index contributed by atoms with van der Waals surface area (Å²) in [4.78, 5) is 17.5. The number of hydrogen-bond acceptors (Lipinski definition) is 5. The predicted octanol–water partition coefficient (Wildman–Crippen LogP) is 4.98. The van der Waals surface area contributed by atoms with E-state index in [9.17, 15) is 9.35 Å². The molecule has 35 heavy (non-hydrogen) atoms. The Kier molecular flexibility index (Phi) is 7.56. The number of ether oxygens (including phenoxy) is 1. The Morgan fingerprint density at radius 2 is 1.89 bits per heavy atom. The third-order valence-corrected chi connectivity index (χ3v) is 8.38. The number of anilines is 1. The second-order valence-electron chi connectivity index (χ2n) is 9.72. The van der Waals surface area contributed by atoms with E-state index in [0.29, 0.717) is 11.6 Å². The highest BCUT2D eigenvalue weighted by Gasteiger charge is 2.22. The minimum atomic E-state index is -0.639. The molecule has 0 unspecified atom stereocenters. The van der Waals surface area contributed by atoms with E-state index in [1.165, 1.54) is 12.8 Å². The summed E-state index contributed by atoms with van der Waals surface area (Å²) in [6, 6.07) is 13.9. The molecule has 5 rings (SSSR count). The summed E-state index contributed by atoms with van der Waals surface area (Å²) in [7, 11) is 0. The summed E-state index contributed by atoms with van der Waals surface area (Å²) < 4.78 is 17.3. The van der Waals surface area contributed by atoms with E-state index in [2.05, 4.69) is 16.7 Å². The zero-order valence-corrected chi connectivity index (χ0v) is 21.0. The summed E-state index contributed by atoms with van der Waals surface area (Å²) in [5, 5.41) is 7.66. The molecule has 1 aromatic heterocycles. The Labute approximate surface area is 210 Å². The minimum Gasteiger partial charge on any atom is -0.616 e. The maximum atomic E-state index is 12.8. The van der Waals surface area contributed by atoms with E-state index >= 15 is 0 Å². The topological polar surface area (TPSA) is 86.3 Å². The molecule has 0 radical (unpaired) electrons. The van der Waals surface area contributed by atoms with Gasteiger partial charge < -0.3 is 19.9 Å². The summed E-state index contributed by atoms with van der Waals surface area (Å²) in [6.07, 6.45) is 7.60. The van der Waals surface area contributed by atoms with Crippen molar-refractivity contribution in [1.29, 1.82) is 0 Å². The van der Waals surface area contributed by atoms with E-state index in [-0.39, 0.29) is 5.91 Å². The first-order valence-electron chi connectivity index (χ1n) is 12.6. The number of aromatic nitrogens is 1. The van der Waals surface area contributed by atoms with Gasteiger partial charge in [0.2, 0.25) is 0 Å². The lowest BCUT2D eigenvalue weighted by atomic mass is 10.1. The Hall–Kier alpha value is -2.61. The summed E-state index contributed by atoms with van der Waals surface area (Å²) in [6.45, 7) is 3.47. The number of benzene rings is 2. The Bertz CT molecular complexity index is 1170. The Morgan fingerprint density at radius 1 is 1.11 bits per heavy atom. The Balaban J connectivity index is 1.19. The largest absolute Gasteiger partial charge is 0.616 e. The second kappa shape index (κ2) is 11.0. The van der Waals surface area contributed by atoms with Gasteiger partial charge in [-0.3, -0.25) is 9.78 Å². The van der Waals surface area contributed by atoms with Crippen LogP contribution in [0.3, 0.4) is 0 Å². The molecule has 184 valence electrons. The quantitative estimate of drug-likeness (QED) is 0.413. The molecule has 7 heteroatoms. The van der Waals surface area contributed by atoms with Gasteiger partial charge in [0, 0.05) is 48.3 Å². The monoisotopic (exact) mass is 491 g/mol. The predicted molar refractivity (Wildman–Crippen MR) is 141 cm³/mol. The van der Waals surface area contributed by atoms with Crippen molar-refractivity contribution >= 4 is 33.7 Å². The number of hydrogen-bond donors (Lipinski definition) is 2. The van der Waals surface area contributed by atoms with Gasteiger partial charge in [0.05, 0.1) is 12.1 Å². The molecular formula is C28H33N3O3S. The molecular weight excluding hydrogens is 458 g/mol. The van der Waals surface area contributed by atoms with Gasteiger partial charge in [-0.05, 0) is 66.8 Å². The molecule has 0 spiro atoms. The van der Waals surface area contributed by atoms with Crippen LogP contribution in [0.25, 0.3) is 10.9 Å². The highest BCUT2D eigenvalue weighted by atomic mass is 32.2. The first kappa shape index (κ1) is 24.1. The summed E-state index contributed by atoms with van der Waals surface area (Å²) >= 11 is -0.639. The number of amides is 1. The number of nitrogens with zero attached hydrogens (tertiary/aromatic N) is 1. The summed E-state index contributed by atoms with van der Waals surface area (Å²) in [5.74, 6) is 3.08. The fraction of sp³-hybridized carbons (Fsp3) is 0.429. The van der Waals surface area contributed by atoms with Crippen LogP contribution >= 0.6 is 0 Å². The molecule has 2 N–H and O–H groups in total. The number of aryl methyl sites for hydroxylation is 1. The lowest BCUT2D eigenvalue weighted by molar-refractivity contribution is 0.102. The van der Waals surface area contributed by atoms with Crippen LogP contribution in [0.4, 0.5) is 5.69 Å². The van der Waals surface area contributed by atoms with Crippen molar-refractivity contribution in [2.45, 2.75) is 51.6 Å². The first-order chi connectivity index (χ1) is 17.0. The highest BCUT2D eigenvalue weighted by molar-refractivity contribution is 7.91. The van der Waals surface area contributed by atoms with Gasteiger partial charge in [-0.15, -0.1) is 0 Å². The molecule has 1 saturated carbocycles. The van der Waals surface area contributed by atoms with Crippen molar-refractivity contribution in [3.8, 4) is 5.75 Å². The van der Waals surface area contributed by atoms with E-state index in [1.54, 1.807) is 12.1 Å². The van der Waals surface area contributed by atoms with Crippen LogP contribution in [0.2, 0.25) is 0 Å². The smallest absolute Gasteiger partial charge is 0.255 e. The molecule has 0 atom stereocenters. The zero-order valence-electron chi connectivity index (χ0n) is 20.2. The lowest BCUT2D eigenvalue weighted by Crippen LogP contribution is -2.37. The first-order valence-corrected chi connectivity index (χ1v) is 14.0. The van der Waals surface area contributed by atoms with Gasteiger partial charge in [0.1, 0.15) is 17.3 Å². The van der Waals surface area contributed by atoms with E-state index < -0.39 is 11.2 Å². The Morgan fingerprint density at radius 3 is 2.63 bits per heavy atom. The maximum absolute atomic E-state index is 12.8. The number of carbonyl (C=O) groups excluding carboxylic acids is 1. The van der Waals surface area contributed by atoms with Crippen LogP contribution in [-0.4, -0.2) is 39.6 Å². The molecule has 3 aromatic rings. The van der Waals surface area contributed by atoms with Gasteiger partial charge in [-0.1, -0.05) is 30.1 Å². The maximum Gasteiger partial charge on any atom is 0.255 e. The van der Waals surface area contributed by atoms with Gasteiger partial charge in [-0.25, -0.2) is 0 Å². The average Bonchev–Trinajstić information content (AvgIpc) is 3.70. The second-order valence-corrected chi connectivity index (χ2v) is 11.4. The number of carbonyl (C=O) groups is 1. The van der Waals surface area contributed by atoms with Crippen LogP contribution in [0.1, 0.15) is 53.6 Å². The van der Waals surface area contributed by atoms with E-state index in [0.717, 1.165) is 83.3 Å². The van der Waals surface area contributed by atoms with Crippen molar-refractivity contribution in [3.63, 3.8) is 0 Å². The van der Waals surface area contributed by atoms with Crippen molar-refractivity contribution in [1.82, 2.24) is 10.3 Å². The molecule has 2 aliphatic rings. The van der Waals surface area contributed by atoms with Crippen LogP contribution in [0, 0.1) is 12.8 Å². The molecule has 1 amide bonds. The normalized spacial score (nSPS) is 20.1. The molecule has 0 bridgehead atoms. The number of rotatable bonds is 9. The number of fused-ring (bicyclic) bond motifs is 1. The molecule has 1 aliphatic carbocycles. The third kappa shape index (κ3) is 6.34. The molecule has 1 aliphatic heterocycles. The molecule has 1 saturated heterocycles. The SMILES string of the molecule is Cc1c(NC(=O)c2ccc(OCCC3CC3)cc2)ccc2cc(CNC3CC[S+]([O-])CC3)cnc12. The van der Waals surface area contributed by atoms with Gasteiger partial charge in [-0.2, -0.15) is 0 Å². The zero-order chi connectivity index (χ0) is 24.2. The van der Waals surface area contributed by atoms with Crippen molar-refractivity contribution in [3.05, 3.63) is 65.4 Å². The fourth-order valence-corrected chi connectivity index (χ4v) is 5.83. The van der Waals surface area contributed by atoms with Crippen LogP contribution in [0.15, 0.2) is 48.7 Å². The average molecular weight is 492 g/mol. The molecule has 2 heterocycles. The van der Waals surface area contributed by atoms with Crippen LogP contribution in [-0.2, 0) is 17.7 Å². The van der Waals surface area contributed by atoms with E-state index in [1.807, 2.05) is 37.4 Å². The fourth-order valence-electron chi connectivity index (χ4n) is 4.53. The van der Waals surface area contributed by atoms with E-state index in [4.69, 9.17) is 9.72 Å². The third-order valence-electron chi connectivity index (χ3n) is 7.00. The summed E-state index contributed by atoms with van der Waals surface area (Å²) in [5.41, 5.74) is 4.32. The number of nitrogens with one attached hydrogen (secondary N) is 2. The molecule has 6 nitrogen and oxygen atoms in total. The number of pyridine rings is 1. The van der Waals surface area contributed by atoms with Crippen LogP contribution in [0.5, 0.6) is 5.75 Å². The highest BCUT2D eigenvalue weighted by Crippen LogP contribution is 2.32. The van der Waals surface area contributed by atoms with Gasteiger partial charge in [0.15, 0.2) is 0 Å². The van der Waals surface area contributed by atoms with Crippen molar-refractivity contribution in [2.24, 2.45) is 5.92 Å². The van der Waals surface area contributed by atoms with Gasteiger partial charge >= 0.3 is 0 Å². The minimum absolute atomic E-state index is 0.147. The molecule has 2 aromatic carbocycles. The van der Waals surface area contributed by atoms with Crippen molar-refractivity contribution < 1.29 is 14.1 Å². The lowest BCUT2D eigenvalue weighted by Gasteiger charge is -2.25.